The van der Waals surface area contributed by atoms with Crippen LogP contribution in [0.4, 0.5) is 4.79 Å². The molecule has 0 aliphatic heterocycles. The maximum Gasteiger partial charge on any atom is 0.479 e. The monoisotopic (exact) mass is 164 g/mol. The predicted octanol–water partition coefficient (Wildman–Crippen LogP) is 0.255. The molecule has 0 saturated carbocycles. The van der Waals surface area contributed by atoms with Crippen molar-refractivity contribution in [2.75, 3.05) is 0 Å². The van der Waals surface area contributed by atoms with Crippen molar-refractivity contribution in [2.24, 2.45) is 0 Å². The third-order valence-electron chi connectivity index (χ3n) is 0.556. The van der Waals surface area contributed by atoms with Gasteiger partial charge in [-0.15, -0.1) is 0 Å². The van der Waals surface area contributed by atoms with E-state index in [1.165, 1.54) is 0 Å². The Morgan fingerprint density at radius 1 is 1.44 bits per heavy atom. The fourth-order valence-corrected chi connectivity index (χ4v) is 1.13. The van der Waals surface area contributed by atoms with Gasteiger partial charge in [0.1, 0.15) is 0 Å². The molecule has 0 aromatic carbocycles. The van der Waals surface area contributed by atoms with Crippen molar-refractivity contribution in [3.05, 3.63) is 0 Å². The van der Waals surface area contributed by atoms with Gasteiger partial charge in [0.05, 0.1) is 0 Å². The third-order valence-corrected chi connectivity index (χ3v) is 1.67. The van der Waals surface area contributed by atoms with Gasteiger partial charge in [0, 0.05) is 0 Å². The second-order valence-electron chi connectivity index (χ2n) is 2.67. The molecule has 3 nitrogen and oxygen atoms in total. The predicted molar refractivity (Wildman–Crippen MR) is 40.9 cm³/mol. The maximum absolute atomic E-state index is 10.5. The minimum absolute atomic E-state index is 0.414. The lowest BCUT2D eigenvalue weighted by Crippen LogP contribution is -2.29. The molecule has 0 unspecified atom stereocenters. The highest BCUT2D eigenvalue weighted by molar-refractivity contribution is 6.71. The number of rotatable bonds is 1. The molecule has 5 heteroatoms. The molecule has 9 heavy (non-hydrogen) atoms. The Bertz CT molecular complexity index is 107. The standard InChI is InChI=1S/C4H12O3Si2/c1-9(2,3)7-4(5)6-8/h1-3,8H3. The zero-order valence-corrected chi connectivity index (χ0v) is 9.22. The van der Waals surface area contributed by atoms with Gasteiger partial charge in [-0.05, 0) is 19.6 Å². The van der Waals surface area contributed by atoms with Crippen LogP contribution in [0, 0.1) is 0 Å². The third kappa shape index (κ3) is 5.58. The summed E-state index contributed by atoms with van der Waals surface area (Å²) in [5.41, 5.74) is 0. The van der Waals surface area contributed by atoms with Crippen LogP contribution in [-0.4, -0.2) is 25.0 Å². The van der Waals surface area contributed by atoms with Crippen molar-refractivity contribution in [3.63, 3.8) is 0 Å². The Labute approximate surface area is 59.0 Å². The molecular weight excluding hydrogens is 152 g/mol. The second kappa shape index (κ2) is 3.02. The summed E-state index contributed by atoms with van der Waals surface area (Å²) < 4.78 is 9.34. The second-order valence-corrected chi connectivity index (χ2v) is 7.51. The average molecular weight is 164 g/mol. The van der Waals surface area contributed by atoms with Crippen LogP contribution in [0.1, 0.15) is 0 Å². The maximum atomic E-state index is 10.5. The molecule has 0 heterocycles. The smallest absolute Gasteiger partial charge is 0.479 e. The summed E-state index contributed by atoms with van der Waals surface area (Å²) in [5.74, 6) is 0. The molecular formula is C4H12O3Si2. The molecule has 0 atom stereocenters. The summed E-state index contributed by atoms with van der Waals surface area (Å²) in [7, 11) is -1.28. The van der Waals surface area contributed by atoms with Gasteiger partial charge in [-0.1, -0.05) is 0 Å². The van der Waals surface area contributed by atoms with Crippen molar-refractivity contribution < 1.29 is 13.6 Å². The summed E-state index contributed by atoms with van der Waals surface area (Å²) in [6, 6.07) is 0. The van der Waals surface area contributed by atoms with Crippen LogP contribution in [0.15, 0.2) is 0 Å². The highest BCUT2D eigenvalue weighted by atomic mass is 28.4. The molecule has 54 valence electrons. The minimum atomic E-state index is -1.69. The Kier molecular flexibility index (Phi) is 2.92. The van der Waals surface area contributed by atoms with Crippen molar-refractivity contribution >= 4 is 25.0 Å². The van der Waals surface area contributed by atoms with Crippen LogP contribution in [0.3, 0.4) is 0 Å². The molecule has 0 saturated heterocycles. The topological polar surface area (TPSA) is 35.5 Å². The van der Waals surface area contributed by atoms with Crippen LogP contribution >= 0.6 is 0 Å². The summed E-state index contributed by atoms with van der Waals surface area (Å²) >= 11 is 0. The summed E-state index contributed by atoms with van der Waals surface area (Å²) in [6.07, 6.45) is -0.513. The molecule has 0 radical (unpaired) electrons. The first-order chi connectivity index (χ1) is 3.95. The molecule has 0 fully saturated rings. The highest BCUT2D eigenvalue weighted by Gasteiger charge is 2.19. The lowest BCUT2D eigenvalue weighted by atomic mass is 11.5. The van der Waals surface area contributed by atoms with Gasteiger partial charge < -0.3 is 8.85 Å². The van der Waals surface area contributed by atoms with Crippen LogP contribution in [0.25, 0.3) is 0 Å². The molecule has 0 spiro atoms. The average Bonchev–Trinajstić information content (AvgIpc) is 1.62. The lowest BCUT2D eigenvalue weighted by molar-refractivity contribution is 0.154. The lowest BCUT2D eigenvalue weighted by Gasteiger charge is -2.15. The van der Waals surface area contributed by atoms with Gasteiger partial charge in [-0.25, -0.2) is 4.79 Å². The first-order valence-corrected chi connectivity index (χ1v) is 6.95. The van der Waals surface area contributed by atoms with E-state index in [1.54, 1.807) is 0 Å². The molecule has 0 bridgehead atoms. The van der Waals surface area contributed by atoms with E-state index >= 15 is 0 Å². The quantitative estimate of drug-likeness (QED) is 0.521. The van der Waals surface area contributed by atoms with Gasteiger partial charge >= 0.3 is 6.16 Å². The molecule has 0 aromatic rings. The molecule has 0 N–H and O–H groups in total. The first-order valence-electron chi connectivity index (χ1n) is 2.72. The molecule has 0 aliphatic rings. The van der Waals surface area contributed by atoms with E-state index < -0.39 is 14.5 Å². The van der Waals surface area contributed by atoms with Crippen molar-refractivity contribution in [3.8, 4) is 0 Å². The van der Waals surface area contributed by atoms with Gasteiger partial charge in [-0.2, -0.15) is 0 Å². The van der Waals surface area contributed by atoms with Gasteiger partial charge in [-0.3, -0.25) is 0 Å². The van der Waals surface area contributed by atoms with E-state index in [0.29, 0.717) is 10.5 Å². The van der Waals surface area contributed by atoms with E-state index in [1.807, 2.05) is 19.6 Å². The minimum Gasteiger partial charge on any atom is -0.499 e. The van der Waals surface area contributed by atoms with Crippen LogP contribution in [-0.2, 0) is 8.85 Å². The molecule has 0 rings (SSSR count). The summed E-state index contributed by atoms with van der Waals surface area (Å²) in [4.78, 5) is 10.5. The van der Waals surface area contributed by atoms with Crippen LogP contribution < -0.4 is 0 Å². The SMILES string of the molecule is C[Si](C)(C)OC(=O)O[SiH3]. The number of hydrogen-bond donors (Lipinski definition) is 0. The fourth-order valence-electron chi connectivity index (χ4n) is 0.292. The van der Waals surface area contributed by atoms with E-state index in [2.05, 4.69) is 4.43 Å². The first kappa shape index (κ1) is 8.70. The molecule has 0 amide bonds. The zero-order chi connectivity index (χ0) is 7.49. The Hall–Kier alpha value is -0.296. The number of hydrogen-bond acceptors (Lipinski definition) is 3. The zero-order valence-electron chi connectivity index (χ0n) is 6.22. The van der Waals surface area contributed by atoms with Crippen molar-refractivity contribution in [1.29, 1.82) is 0 Å². The van der Waals surface area contributed by atoms with Crippen molar-refractivity contribution in [1.82, 2.24) is 0 Å². The van der Waals surface area contributed by atoms with E-state index in [9.17, 15) is 4.79 Å². The Morgan fingerprint density at radius 3 is 2.00 bits per heavy atom. The highest BCUT2D eigenvalue weighted by Crippen LogP contribution is 2.02. The summed E-state index contributed by atoms with van der Waals surface area (Å²) in [6.45, 7) is 5.81. The van der Waals surface area contributed by atoms with Gasteiger partial charge in [0.15, 0.2) is 0 Å². The van der Waals surface area contributed by atoms with Crippen LogP contribution in [0.5, 0.6) is 0 Å². The number of carbonyl (C=O) groups is 1. The summed E-state index contributed by atoms with van der Waals surface area (Å²) in [5, 5.41) is 0. The van der Waals surface area contributed by atoms with E-state index in [0.717, 1.165) is 0 Å². The largest absolute Gasteiger partial charge is 0.499 e. The molecule has 0 aliphatic carbocycles. The van der Waals surface area contributed by atoms with Gasteiger partial charge in [0.2, 0.25) is 10.5 Å². The Balaban J connectivity index is 3.60. The Morgan fingerprint density at radius 2 is 1.89 bits per heavy atom. The van der Waals surface area contributed by atoms with E-state index in [-0.39, 0.29) is 0 Å². The number of carbonyl (C=O) groups excluding carboxylic acids is 1. The fraction of sp³-hybridized carbons (Fsp3) is 0.750. The van der Waals surface area contributed by atoms with Crippen molar-refractivity contribution in [2.45, 2.75) is 19.6 Å². The normalized spacial score (nSPS) is 11.0. The van der Waals surface area contributed by atoms with Crippen LogP contribution in [0.2, 0.25) is 19.6 Å². The van der Waals surface area contributed by atoms with Gasteiger partial charge in [0.25, 0.3) is 8.32 Å². The molecule has 0 aromatic heterocycles. The van der Waals surface area contributed by atoms with E-state index in [4.69, 9.17) is 4.43 Å².